The third-order valence-corrected chi connectivity index (χ3v) is 4.77. The summed E-state index contributed by atoms with van der Waals surface area (Å²) < 4.78 is 11.0. The molecule has 1 heterocycles. The van der Waals surface area contributed by atoms with Gasteiger partial charge in [-0.1, -0.05) is 19.3 Å². The van der Waals surface area contributed by atoms with Crippen molar-refractivity contribution in [2.24, 2.45) is 0 Å². The van der Waals surface area contributed by atoms with Crippen molar-refractivity contribution in [1.82, 2.24) is 4.90 Å². The molecule has 1 saturated heterocycles. The van der Waals surface area contributed by atoms with E-state index in [2.05, 4.69) is 16.7 Å². The lowest BCUT2D eigenvalue weighted by Gasteiger charge is -2.34. The lowest BCUT2D eigenvalue weighted by atomic mass is 9.83. The van der Waals surface area contributed by atoms with Gasteiger partial charge in [0.25, 0.3) is 0 Å². The lowest BCUT2D eigenvalue weighted by Crippen LogP contribution is -2.35. The van der Waals surface area contributed by atoms with Crippen molar-refractivity contribution >= 4 is 5.97 Å². The molecule has 1 spiro atoms. The van der Waals surface area contributed by atoms with Crippen LogP contribution in [0.2, 0.25) is 0 Å². The Morgan fingerprint density at radius 1 is 1.30 bits per heavy atom. The maximum Gasteiger partial charge on any atom is 0.305 e. The molecule has 20 heavy (non-hydrogen) atoms. The van der Waals surface area contributed by atoms with Gasteiger partial charge in [0.15, 0.2) is 0 Å². The van der Waals surface area contributed by atoms with Crippen LogP contribution in [0.15, 0.2) is 0 Å². The van der Waals surface area contributed by atoms with E-state index in [0.29, 0.717) is 12.5 Å². The number of nitrogens with zero attached hydrogens (tertiary/aromatic N) is 1. The number of ether oxygens (including phenoxy) is 2. The fourth-order valence-corrected chi connectivity index (χ4v) is 3.62. The summed E-state index contributed by atoms with van der Waals surface area (Å²) in [6, 6.07) is 0. The van der Waals surface area contributed by atoms with Crippen LogP contribution >= 0.6 is 0 Å². The Kier molecular flexibility index (Phi) is 5.85. The first kappa shape index (κ1) is 15.8. The van der Waals surface area contributed by atoms with Crippen LogP contribution in [0.1, 0.15) is 57.8 Å². The van der Waals surface area contributed by atoms with Gasteiger partial charge in [-0.2, -0.15) is 0 Å². The van der Waals surface area contributed by atoms with Crippen LogP contribution in [0, 0.1) is 0 Å². The Balaban J connectivity index is 1.65. The molecule has 1 saturated carbocycles. The molecule has 0 aromatic heterocycles. The molecule has 1 aliphatic carbocycles. The number of hydrogen-bond acceptors (Lipinski definition) is 4. The quantitative estimate of drug-likeness (QED) is 0.703. The highest BCUT2D eigenvalue weighted by Gasteiger charge is 2.40. The van der Waals surface area contributed by atoms with Crippen molar-refractivity contribution in [3.8, 4) is 0 Å². The van der Waals surface area contributed by atoms with Crippen LogP contribution in [0.3, 0.4) is 0 Å². The summed E-state index contributed by atoms with van der Waals surface area (Å²) >= 11 is 0. The molecule has 0 N–H and O–H groups in total. The molecule has 1 unspecified atom stereocenters. The number of likely N-dealkylation sites (N-methyl/N-ethyl adjacent to an activating group) is 1. The van der Waals surface area contributed by atoms with E-state index in [1.165, 1.54) is 52.1 Å². The normalized spacial score (nSPS) is 25.2. The van der Waals surface area contributed by atoms with E-state index in [4.69, 9.17) is 4.74 Å². The molecule has 1 aliphatic heterocycles. The first-order valence-corrected chi connectivity index (χ1v) is 8.07. The van der Waals surface area contributed by atoms with Gasteiger partial charge in [0, 0.05) is 13.0 Å². The summed E-state index contributed by atoms with van der Waals surface area (Å²) in [5, 5.41) is 0. The van der Waals surface area contributed by atoms with Crippen molar-refractivity contribution in [2.45, 2.75) is 69.5 Å². The van der Waals surface area contributed by atoms with Crippen LogP contribution in [0.5, 0.6) is 0 Å². The van der Waals surface area contributed by atoms with Gasteiger partial charge in [-0.3, -0.25) is 4.79 Å². The second-order valence-corrected chi connectivity index (χ2v) is 6.46. The van der Waals surface area contributed by atoms with E-state index < -0.39 is 0 Å². The molecule has 2 aliphatic rings. The Morgan fingerprint density at radius 2 is 2.05 bits per heavy atom. The number of methoxy groups -OCH3 is 1. The molecule has 1 atom stereocenters. The predicted octanol–water partition coefficient (Wildman–Crippen LogP) is 2.75. The predicted molar refractivity (Wildman–Crippen MR) is 78.7 cm³/mol. The van der Waals surface area contributed by atoms with Crippen LogP contribution in [0.4, 0.5) is 0 Å². The van der Waals surface area contributed by atoms with Crippen molar-refractivity contribution < 1.29 is 14.3 Å². The van der Waals surface area contributed by atoms with E-state index in [1.54, 1.807) is 0 Å². The number of rotatable bonds is 6. The lowest BCUT2D eigenvalue weighted by molar-refractivity contribution is -0.140. The highest BCUT2D eigenvalue weighted by molar-refractivity contribution is 5.69. The molecule has 0 aromatic carbocycles. The van der Waals surface area contributed by atoms with Gasteiger partial charge in [0.05, 0.1) is 18.8 Å². The summed E-state index contributed by atoms with van der Waals surface area (Å²) in [7, 11) is 3.56. The van der Waals surface area contributed by atoms with Gasteiger partial charge in [-0.15, -0.1) is 0 Å². The zero-order valence-corrected chi connectivity index (χ0v) is 13.0. The Labute approximate surface area is 122 Å². The molecule has 2 fully saturated rings. The molecule has 4 nitrogen and oxygen atoms in total. The molecule has 2 rings (SSSR count). The van der Waals surface area contributed by atoms with Gasteiger partial charge < -0.3 is 14.4 Å². The minimum absolute atomic E-state index is 0.114. The standard InChI is InChI=1S/C16H29NO3/c1-17(12-6-7-15(18)19-2)13-14-8-11-16(20-14)9-4-3-5-10-16/h14H,3-13H2,1-2H3. The van der Waals surface area contributed by atoms with Gasteiger partial charge >= 0.3 is 5.97 Å². The van der Waals surface area contributed by atoms with E-state index >= 15 is 0 Å². The fourth-order valence-electron chi connectivity index (χ4n) is 3.62. The minimum atomic E-state index is -0.114. The maximum atomic E-state index is 11.1. The molecular weight excluding hydrogens is 254 g/mol. The largest absolute Gasteiger partial charge is 0.469 e. The second-order valence-electron chi connectivity index (χ2n) is 6.46. The fraction of sp³-hybridized carbons (Fsp3) is 0.938. The van der Waals surface area contributed by atoms with Crippen LogP contribution in [0.25, 0.3) is 0 Å². The highest BCUT2D eigenvalue weighted by atomic mass is 16.5. The van der Waals surface area contributed by atoms with E-state index in [-0.39, 0.29) is 11.6 Å². The monoisotopic (exact) mass is 283 g/mol. The second kappa shape index (κ2) is 7.41. The van der Waals surface area contributed by atoms with Crippen LogP contribution in [-0.4, -0.2) is 49.8 Å². The third-order valence-electron chi connectivity index (χ3n) is 4.77. The summed E-state index contributed by atoms with van der Waals surface area (Å²) in [6.07, 6.45) is 10.8. The van der Waals surface area contributed by atoms with Gasteiger partial charge in [0.1, 0.15) is 0 Å². The summed E-state index contributed by atoms with van der Waals surface area (Å²) in [4.78, 5) is 13.4. The third kappa shape index (κ3) is 4.45. The van der Waals surface area contributed by atoms with E-state index in [1.807, 2.05) is 0 Å². The van der Waals surface area contributed by atoms with Crippen molar-refractivity contribution in [3.63, 3.8) is 0 Å². The number of esters is 1. The van der Waals surface area contributed by atoms with Gasteiger partial charge in [-0.25, -0.2) is 0 Å². The summed E-state index contributed by atoms with van der Waals surface area (Å²) in [5.74, 6) is -0.114. The highest BCUT2D eigenvalue weighted by Crippen LogP contribution is 2.41. The Hall–Kier alpha value is -0.610. The summed E-state index contributed by atoms with van der Waals surface area (Å²) in [6.45, 7) is 1.92. The molecule has 0 amide bonds. The first-order chi connectivity index (χ1) is 9.63. The zero-order chi connectivity index (χ0) is 14.4. The molecule has 0 aromatic rings. The SMILES string of the molecule is COC(=O)CCCN(C)CC1CCC2(CCCCC2)O1. The minimum Gasteiger partial charge on any atom is -0.469 e. The number of carbonyl (C=O) groups is 1. The topological polar surface area (TPSA) is 38.8 Å². The van der Waals surface area contributed by atoms with E-state index in [0.717, 1.165) is 19.5 Å². The van der Waals surface area contributed by atoms with Gasteiger partial charge in [-0.05, 0) is 45.7 Å². The van der Waals surface area contributed by atoms with Crippen molar-refractivity contribution in [2.75, 3.05) is 27.2 Å². The van der Waals surface area contributed by atoms with Crippen molar-refractivity contribution in [3.05, 3.63) is 0 Å². The average Bonchev–Trinajstić information content (AvgIpc) is 2.81. The molecule has 0 bridgehead atoms. The Bertz CT molecular complexity index is 313. The number of hydrogen-bond donors (Lipinski definition) is 0. The number of carbonyl (C=O) groups excluding carboxylic acids is 1. The molecule has 0 radical (unpaired) electrons. The summed E-state index contributed by atoms with van der Waals surface area (Å²) in [5.41, 5.74) is 0.218. The Morgan fingerprint density at radius 3 is 2.75 bits per heavy atom. The van der Waals surface area contributed by atoms with Gasteiger partial charge in [0.2, 0.25) is 0 Å². The van der Waals surface area contributed by atoms with Crippen LogP contribution in [-0.2, 0) is 14.3 Å². The molecule has 4 heteroatoms. The zero-order valence-electron chi connectivity index (χ0n) is 13.0. The molecule has 116 valence electrons. The van der Waals surface area contributed by atoms with Crippen molar-refractivity contribution in [1.29, 1.82) is 0 Å². The molecular formula is C16H29NO3. The maximum absolute atomic E-state index is 11.1. The first-order valence-electron chi connectivity index (χ1n) is 8.07. The van der Waals surface area contributed by atoms with E-state index in [9.17, 15) is 4.79 Å². The average molecular weight is 283 g/mol. The smallest absolute Gasteiger partial charge is 0.305 e. The van der Waals surface area contributed by atoms with Crippen LogP contribution < -0.4 is 0 Å².